The van der Waals surface area contributed by atoms with Gasteiger partial charge in [-0.3, -0.25) is 4.79 Å². The van der Waals surface area contributed by atoms with E-state index in [-0.39, 0.29) is 11.2 Å². The molecule has 0 unspecified atom stereocenters. The predicted octanol–water partition coefficient (Wildman–Crippen LogP) is 4.73. The Kier molecular flexibility index (Phi) is 3.41. The van der Waals surface area contributed by atoms with Gasteiger partial charge in [0.25, 0.3) is 0 Å². The fourth-order valence-electron chi connectivity index (χ4n) is 8.12. The molecule has 5 aliphatic rings. The molecule has 0 N–H and O–H groups in total. The van der Waals surface area contributed by atoms with Gasteiger partial charge in [-0.1, -0.05) is 20.8 Å². The molecule has 6 atom stereocenters. The first-order valence-corrected chi connectivity index (χ1v) is 10.6. The standard InChI is InChI=1S/C22H34O3/c1-19-8-6-15-16-4-5-18(23)20(16,2)9-7-17(15)21(19,3)10-11-22(14-19)24-12-13-25-22/h15-17H,4-14H2,1-3H3/t15-,16-,17-,19+,20+,21-/m1/s1. The first-order valence-electron chi connectivity index (χ1n) is 10.6. The molecule has 0 aromatic rings. The number of hydrogen-bond donors (Lipinski definition) is 0. The molecule has 1 saturated heterocycles. The molecule has 0 bridgehead atoms. The molecule has 0 amide bonds. The largest absolute Gasteiger partial charge is 0.348 e. The number of carbonyl (C=O) groups excluding carboxylic acids is 1. The van der Waals surface area contributed by atoms with E-state index in [2.05, 4.69) is 20.8 Å². The lowest BCUT2D eigenvalue weighted by Crippen LogP contribution is -2.60. The maximum Gasteiger partial charge on any atom is 0.169 e. The van der Waals surface area contributed by atoms with E-state index in [1.165, 1.54) is 25.7 Å². The third-order valence-electron chi connectivity index (χ3n) is 9.87. The first kappa shape index (κ1) is 16.7. The maximum atomic E-state index is 12.6. The molecule has 0 aromatic carbocycles. The fraction of sp³-hybridized carbons (Fsp3) is 0.955. The van der Waals surface area contributed by atoms with Crippen molar-refractivity contribution >= 4 is 5.78 Å². The van der Waals surface area contributed by atoms with E-state index in [4.69, 9.17) is 9.47 Å². The van der Waals surface area contributed by atoms with Crippen molar-refractivity contribution in [1.82, 2.24) is 0 Å². The van der Waals surface area contributed by atoms with E-state index in [1.54, 1.807) is 0 Å². The van der Waals surface area contributed by atoms with Crippen LogP contribution in [0, 0.1) is 34.0 Å². The minimum absolute atomic E-state index is 0.00116. The molecular weight excluding hydrogens is 312 g/mol. The summed E-state index contributed by atoms with van der Waals surface area (Å²) in [5, 5.41) is 0. The normalized spacial score (nSPS) is 54.2. The number of Topliss-reactive ketones (excluding diaryl/α,β-unsaturated/α-hetero) is 1. The van der Waals surface area contributed by atoms with Gasteiger partial charge in [0.15, 0.2) is 5.79 Å². The number of carbonyl (C=O) groups is 1. The summed E-state index contributed by atoms with van der Waals surface area (Å²) in [7, 11) is 0. The van der Waals surface area contributed by atoms with Crippen LogP contribution in [0.1, 0.15) is 78.6 Å². The average molecular weight is 347 g/mol. The van der Waals surface area contributed by atoms with E-state index >= 15 is 0 Å². The number of fused-ring (bicyclic) bond motifs is 5. The van der Waals surface area contributed by atoms with Crippen LogP contribution < -0.4 is 0 Å². The lowest BCUT2D eigenvalue weighted by atomic mass is 9.40. The fourth-order valence-corrected chi connectivity index (χ4v) is 8.12. The molecule has 3 heteroatoms. The van der Waals surface area contributed by atoms with E-state index < -0.39 is 0 Å². The van der Waals surface area contributed by atoms with Gasteiger partial charge in [-0.25, -0.2) is 0 Å². The van der Waals surface area contributed by atoms with Gasteiger partial charge >= 0.3 is 0 Å². The Morgan fingerprint density at radius 3 is 2.40 bits per heavy atom. The summed E-state index contributed by atoms with van der Waals surface area (Å²) in [6, 6.07) is 0. The number of ether oxygens (including phenoxy) is 2. The topological polar surface area (TPSA) is 35.5 Å². The van der Waals surface area contributed by atoms with Crippen molar-refractivity contribution in [1.29, 1.82) is 0 Å². The lowest BCUT2D eigenvalue weighted by molar-refractivity contribution is -0.256. The van der Waals surface area contributed by atoms with Crippen molar-refractivity contribution < 1.29 is 14.3 Å². The van der Waals surface area contributed by atoms with E-state index in [9.17, 15) is 4.79 Å². The Morgan fingerprint density at radius 2 is 1.64 bits per heavy atom. The highest BCUT2D eigenvalue weighted by Crippen LogP contribution is 2.70. The molecule has 0 aromatic heterocycles. The highest BCUT2D eigenvalue weighted by molar-refractivity contribution is 5.87. The third-order valence-corrected chi connectivity index (χ3v) is 9.87. The Labute approximate surface area is 152 Å². The molecule has 5 rings (SSSR count). The first-order chi connectivity index (χ1) is 11.8. The molecule has 1 aliphatic heterocycles. The van der Waals surface area contributed by atoms with Crippen molar-refractivity contribution in [2.45, 2.75) is 84.3 Å². The SMILES string of the molecule is C[C@@]12CC[C@@H]3[C@H]4CCC(=O)[C@@]4(C)CC[C@H]3[C@@]1(C)CCC1(C2)OCCO1. The molecule has 5 fully saturated rings. The van der Waals surface area contributed by atoms with Crippen LogP contribution in [-0.2, 0) is 14.3 Å². The van der Waals surface area contributed by atoms with Crippen LogP contribution in [0.25, 0.3) is 0 Å². The highest BCUT2D eigenvalue weighted by atomic mass is 16.7. The summed E-state index contributed by atoms with van der Waals surface area (Å²) >= 11 is 0. The van der Waals surface area contributed by atoms with Gasteiger partial charge in [0.05, 0.1) is 13.2 Å². The van der Waals surface area contributed by atoms with E-state index in [1.807, 2.05) is 0 Å². The number of hydrogen-bond acceptors (Lipinski definition) is 3. The Morgan fingerprint density at radius 1 is 0.880 bits per heavy atom. The van der Waals surface area contributed by atoms with Gasteiger partial charge in [-0.2, -0.15) is 0 Å². The molecule has 1 heterocycles. The Bertz CT molecular complexity index is 594. The van der Waals surface area contributed by atoms with Gasteiger partial charge in [-0.05, 0) is 67.1 Å². The minimum Gasteiger partial charge on any atom is -0.348 e. The molecule has 4 aliphatic carbocycles. The average Bonchev–Trinajstić information content (AvgIpc) is 3.14. The summed E-state index contributed by atoms with van der Waals surface area (Å²) in [5.41, 5.74) is 0.690. The summed E-state index contributed by atoms with van der Waals surface area (Å²) in [6.07, 6.45) is 10.3. The lowest BCUT2D eigenvalue weighted by Gasteiger charge is -2.65. The monoisotopic (exact) mass is 346 g/mol. The van der Waals surface area contributed by atoms with Crippen LogP contribution in [0.3, 0.4) is 0 Å². The summed E-state index contributed by atoms with van der Waals surface area (Å²) in [4.78, 5) is 12.6. The molecule has 0 radical (unpaired) electrons. The van der Waals surface area contributed by atoms with Gasteiger partial charge in [0, 0.05) is 24.7 Å². The van der Waals surface area contributed by atoms with Crippen LogP contribution >= 0.6 is 0 Å². The summed E-state index contributed by atoms with van der Waals surface area (Å²) in [6.45, 7) is 8.91. The zero-order valence-electron chi connectivity index (χ0n) is 16.2. The number of ketones is 1. The second kappa shape index (κ2) is 5.10. The van der Waals surface area contributed by atoms with Crippen molar-refractivity contribution in [3.05, 3.63) is 0 Å². The van der Waals surface area contributed by atoms with Crippen molar-refractivity contribution in [2.75, 3.05) is 13.2 Å². The molecule has 140 valence electrons. The van der Waals surface area contributed by atoms with Crippen LogP contribution in [-0.4, -0.2) is 24.8 Å². The maximum absolute atomic E-state index is 12.6. The summed E-state index contributed by atoms with van der Waals surface area (Å²) < 4.78 is 12.2. The second-order valence-electron chi connectivity index (χ2n) is 10.6. The molecule has 1 spiro atoms. The van der Waals surface area contributed by atoms with Crippen LogP contribution in [0.15, 0.2) is 0 Å². The highest BCUT2D eigenvalue weighted by Gasteiger charge is 2.65. The Hall–Kier alpha value is -0.410. The zero-order valence-corrected chi connectivity index (χ0v) is 16.2. The van der Waals surface area contributed by atoms with Crippen molar-refractivity contribution in [2.24, 2.45) is 34.0 Å². The van der Waals surface area contributed by atoms with Gasteiger partial charge in [0.2, 0.25) is 0 Å². The molecular formula is C22H34O3. The van der Waals surface area contributed by atoms with Crippen LogP contribution in [0.4, 0.5) is 0 Å². The minimum atomic E-state index is -0.284. The summed E-state index contributed by atoms with van der Waals surface area (Å²) in [5.74, 6) is 2.48. The van der Waals surface area contributed by atoms with Crippen LogP contribution in [0.5, 0.6) is 0 Å². The smallest absolute Gasteiger partial charge is 0.169 e. The molecule has 3 nitrogen and oxygen atoms in total. The van der Waals surface area contributed by atoms with Gasteiger partial charge in [-0.15, -0.1) is 0 Å². The van der Waals surface area contributed by atoms with Crippen molar-refractivity contribution in [3.63, 3.8) is 0 Å². The second-order valence-corrected chi connectivity index (χ2v) is 10.6. The molecule has 4 saturated carbocycles. The quantitative estimate of drug-likeness (QED) is 0.636. The predicted molar refractivity (Wildman–Crippen MR) is 96.0 cm³/mol. The van der Waals surface area contributed by atoms with Gasteiger partial charge in [0.1, 0.15) is 5.78 Å². The van der Waals surface area contributed by atoms with Crippen molar-refractivity contribution in [3.8, 4) is 0 Å². The Balaban J connectivity index is 1.46. The van der Waals surface area contributed by atoms with E-state index in [0.717, 1.165) is 57.2 Å². The molecule has 25 heavy (non-hydrogen) atoms. The van der Waals surface area contributed by atoms with Crippen LogP contribution in [0.2, 0.25) is 0 Å². The van der Waals surface area contributed by atoms with Gasteiger partial charge < -0.3 is 9.47 Å². The third kappa shape index (κ3) is 2.03. The van der Waals surface area contributed by atoms with E-state index in [0.29, 0.717) is 22.5 Å². The zero-order chi connectivity index (χ0) is 17.5. The number of rotatable bonds is 0.